The highest BCUT2D eigenvalue weighted by Gasteiger charge is 2.35. The lowest BCUT2D eigenvalue weighted by Gasteiger charge is -2.30. The van der Waals surface area contributed by atoms with Crippen LogP contribution in [-0.2, 0) is 14.6 Å². The van der Waals surface area contributed by atoms with Crippen molar-refractivity contribution >= 4 is 15.7 Å². The van der Waals surface area contributed by atoms with Crippen LogP contribution in [0.4, 0.5) is 0 Å². The third kappa shape index (κ3) is 3.93. The maximum Gasteiger partial charge on any atom is 0.239 e. The van der Waals surface area contributed by atoms with Crippen molar-refractivity contribution in [3.8, 4) is 0 Å². The van der Waals surface area contributed by atoms with Gasteiger partial charge < -0.3 is 15.7 Å². The SMILES string of the molecule is CCC[C@@H](N)C(=O)N(CCO)C1CCS(=O)(=O)C1. The fraction of sp³-hybridized carbons (Fsp3) is 0.909. The molecule has 0 aromatic rings. The molecular formula is C11H22N2O4S. The van der Waals surface area contributed by atoms with Gasteiger partial charge in [0.05, 0.1) is 24.2 Å². The number of aliphatic hydroxyl groups is 1. The maximum absolute atomic E-state index is 12.1. The molecule has 1 unspecified atom stereocenters. The first-order valence-electron chi connectivity index (χ1n) is 6.28. The molecule has 18 heavy (non-hydrogen) atoms. The van der Waals surface area contributed by atoms with Crippen LogP contribution in [0, 0.1) is 0 Å². The summed E-state index contributed by atoms with van der Waals surface area (Å²) in [6, 6.07) is -0.942. The van der Waals surface area contributed by atoms with Crippen LogP contribution >= 0.6 is 0 Å². The van der Waals surface area contributed by atoms with E-state index < -0.39 is 15.9 Å². The first-order chi connectivity index (χ1) is 8.41. The molecule has 0 spiro atoms. The molecule has 0 bridgehead atoms. The summed E-state index contributed by atoms with van der Waals surface area (Å²) in [6.07, 6.45) is 1.80. The molecule has 6 nitrogen and oxygen atoms in total. The Balaban J connectivity index is 2.73. The van der Waals surface area contributed by atoms with Gasteiger partial charge in [0.2, 0.25) is 5.91 Å². The molecule has 1 amide bonds. The van der Waals surface area contributed by atoms with Crippen LogP contribution in [-0.4, -0.2) is 61.1 Å². The average Bonchev–Trinajstić information content (AvgIpc) is 2.66. The first kappa shape index (κ1) is 15.4. The lowest BCUT2D eigenvalue weighted by molar-refractivity contribution is -0.135. The molecule has 0 aliphatic carbocycles. The molecule has 0 saturated carbocycles. The van der Waals surface area contributed by atoms with Crippen molar-refractivity contribution < 1.29 is 18.3 Å². The molecule has 2 atom stereocenters. The number of aliphatic hydroxyl groups excluding tert-OH is 1. The van der Waals surface area contributed by atoms with Crippen molar-refractivity contribution in [2.24, 2.45) is 5.73 Å². The summed E-state index contributed by atoms with van der Waals surface area (Å²) < 4.78 is 22.9. The monoisotopic (exact) mass is 278 g/mol. The number of nitrogens with zero attached hydrogens (tertiary/aromatic N) is 1. The van der Waals surface area contributed by atoms with Gasteiger partial charge in [0, 0.05) is 12.6 Å². The molecule has 1 fully saturated rings. The average molecular weight is 278 g/mol. The second-order valence-electron chi connectivity index (χ2n) is 4.71. The van der Waals surface area contributed by atoms with Crippen LogP contribution in [0.25, 0.3) is 0 Å². The Hall–Kier alpha value is -0.660. The summed E-state index contributed by atoms with van der Waals surface area (Å²) in [5.41, 5.74) is 5.77. The second-order valence-corrected chi connectivity index (χ2v) is 6.94. The van der Waals surface area contributed by atoms with Crippen LogP contribution in [0.1, 0.15) is 26.2 Å². The number of carbonyl (C=O) groups is 1. The molecule has 1 saturated heterocycles. The maximum atomic E-state index is 12.1. The Kier molecular flexibility index (Phi) is 5.55. The minimum Gasteiger partial charge on any atom is -0.395 e. The van der Waals surface area contributed by atoms with Crippen molar-refractivity contribution in [2.75, 3.05) is 24.7 Å². The normalized spacial score (nSPS) is 23.8. The summed E-state index contributed by atoms with van der Waals surface area (Å²) in [4.78, 5) is 13.6. The van der Waals surface area contributed by atoms with Gasteiger partial charge in [0.25, 0.3) is 0 Å². The Labute approximate surface area is 108 Å². The summed E-state index contributed by atoms with van der Waals surface area (Å²) in [7, 11) is -3.05. The largest absolute Gasteiger partial charge is 0.395 e. The molecule has 1 aliphatic rings. The second kappa shape index (κ2) is 6.49. The van der Waals surface area contributed by atoms with Crippen molar-refractivity contribution in [2.45, 2.75) is 38.3 Å². The van der Waals surface area contributed by atoms with E-state index in [1.807, 2.05) is 6.92 Å². The van der Waals surface area contributed by atoms with Crippen molar-refractivity contribution in [1.82, 2.24) is 4.90 Å². The molecule has 3 N–H and O–H groups in total. The summed E-state index contributed by atoms with van der Waals surface area (Å²) >= 11 is 0. The minimum absolute atomic E-state index is 0.0163. The van der Waals surface area contributed by atoms with E-state index in [0.29, 0.717) is 12.8 Å². The zero-order chi connectivity index (χ0) is 13.8. The summed E-state index contributed by atoms with van der Waals surface area (Å²) in [5, 5.41) is 9.00. The van der Waals surface area contributed by atoms with Crippen LogP contribution in [0.5, 0.6) is 0 Å². The molecular weight excluding hydrogens is 256 g/mol. The number of carbonyl (C=O) groups excluding carboxylic acids is 1. The molecule has 1 rings (SSSR count). The van der Waals surface area contributed by atoms with Crippen LogP contribution in [0.15, 0.2) is 0 Å². The number of nitrogens with two attached hydrogens (primary N) is 1. The predicted molar refractivity (Wildman–Crippen MR) is 68.7 cm³/mol. The van der Waals surface area contributed by atoms with Gasteiger partial charge in [-0.2, -0.15) is 0 Å². The lowest BCUT2D eigenvalue weighted by Crippen LogP contribution is -2.50. The molecule has 0 radical (unpaired) electrons. The van der Waals surface area contributed by atoms with E-state index in [1.165, 1.54) is 4.90 Å². The Morgan fingerprint density at radius 1 is 1.56 bits per heavy atom. The van der Waals surface area contributed by atoms with Crippen LogP contribution in [0.2, 0.25) is 0 Å². The van der Waals surface area contributed by atoms with E-state index >= 15 is 0 Å². The van der Waals surface area contributed by atoms with Crippen LogP contribution < -0.4 is 5.73 Å². The molecule has 0 aromatic heterocycles. The molecule has 7 heteroatoms. The molecule has 1 aliphatic heterocycles. The molecule has 106 valence electrons. The third-order valence-corrected chi connectivity index (χ3v) is 4.94. The van der Waals surface area contributed by atoms with Gasteiger partial charge in [-0.1, -0.05) is 13.3 Å². The number of hydrogen-bond acceptors (Lipinski definition) is 5. The van der Waals surface area contributed by atoms with Gasteiger partial charge in [0.15, 0.2) is 9.84 Å². The van der Waals surface area contributed by atoms with E-state index in [1.54, 1.807) is 0 Å². The fourth-order valence-electron chi connectivity index (χ4n) is 2.25. The number of hydrogen-bond donors (Lipinski definition) is 2. The first-order valence-corrected chi connectivity index (χ1v) is 8.10. The predicted octanol–water partition coefficient (Wildman–Crippen LogP) is -0.878. The zero-order valence-corrected chi connectivity index (χ0v) is 11.5. The smallest absolute Gasteiger partial charge is 0.239 e. The standard InChI is InChI=1S/C11H22N2O4S/c1-2-3-10(12)11(15)13(5-6-14)9-4-7-18(16,17)8-9/h9-10,14H,2-8,12H2,1H3/t9?,10-/m1/s1. The topological polar surface area (TPSA) is 101 Å². The van der Waals surface area contributed by atoms with Gasteiger partial charge in [0.1, 0.15) is 0 Å². The number of amides is 1. The zero-order valence-electron chi connectivity index (χ0n) is 10.7. The van der Waals surface area contributed by atoms with Gasteiger partial charge in [-0.05, 0) is 12.8 Å². The van der Waals surface area contributed by atoms with Crippen molar-refractivity contribution in [3.05, 3.63) is 0 Å². The number of rotatable bonds is 6. The van der Waals surface area contributed by atoms with E-state index in [0.717, 1.165) is 6.42 Å². The lowest BCUT2D eigenvalue weighted by atomic mass is 10.1. The van der Waals surface area contributed by atoms with E-state index in [-0.39, 0.29) is 36.6 Å². The number of sulfone groups is 1. The summed E-state index contributed by atoms with van der Waals surface area (Å²) in [5.74, 6) is -0.166. The Bertz CT molecular complexity index is 383. The van der Waals surface area contributed by atoms with Crippen molar-refractivity contribution in [3.63, 3.8) is 0 Å². The highest BCUT2D eigenvalue weighted by atomic mass is 32.2. The van der Waals surface area contributed by atoms with E-state index in [2.05, 4.69) is 0 Å². The summed E-state index contributed by atoms with van der Waals surface area (Å²) in [6.45, 7) is 1.90. The highest BCUT2D eigenvalue weighted by molar-refractivity contribution is 7.91. The van der Waals surface area contributed by atoms with Crippen LogP contribution in [0.3, 0.4) is 0 Å². The highest BCUT2D eigenvalue weighted by Crippen LogP contribution is 2.18. The molecule has 0 aromatic carbocycles. The van der Waals surface area contributed by atoms with E-state index in [4.69, 9.17) is 10.8 Å². The Morgan fingerprint density at radius 2 is 2.22 bits per heavy atom. The van der Waals surface area contributed by atoms with Crippen molar-refractivity contribution in [1.29, 1.82) is 0 Å². The quantitative estimate of drug-likeness (QED) is 0.657. The minimum atomic E-state index is -3.05. The van der Waals surface area contributed by atoms with E-state index in [9.17, 15) is 13.2 Å². The third-order valence-electron chi connectivity index (χ3n) is 3.19. The van der Waals surface area contributed by atoms with Gasteiger partial charge in [-0.3, -0.25) is 4.79 Å². The van der Waals surface area contributed by atoms with Gasteiger partial charge in [-0.15, -0.1) is 0 Å². The molecule has 1 heterocycles. The van der Waals surface area contributed by atoms with Gasteiger partial charge in [-0.25, -0.2) is 8.42 Å². The fourth-order valence-corrected chi connectivity index (χ4v) is 3.98. The van der Waals surface area contributed by atoms with Gasteiger partial charge >= 0.3 is 0 Å². The Morgan fingerprint density at radius 3 is 2.67 bits per heavy atom.